The van der Waals surface area contributed by atoms with E-state index in [0.717, 1.165) is 28.7 Å². The smallest absolute Gasteiger partial charge is 0.205 e. The van der Waals surface area contributed by atoms with Crippen LogP contribution >= 0.6 is 11.6 Å². The number of halogens is 1. The molecule has 4 rings (SSSR count). The zero-order valence-corrected chi connectivity index (χ0v) is 19.3. The van der Waals surface area contributed by atoms with Crippen molar-refractivity contribution in [3.05, 3.63) is 70.8 Å². The maximum absolute atomic E-state index is 12.3. The Morgan fingerprint density at radius 1 is 1.15 bits per heavy atom. The molecule has 0 fully saturated rings. The van der Waals surface area contributed by atoms with E-state index in [1.54, 1.807) is 6.92 Å². The Morgan fingerprint density at radius 2 is 1.88 bits per heavy atom. The third kappa shape index (κ3) is 4.72. The highest BCUT2D eigenvalue weighted by molar-refractivity contribution is 6.30. The fourth-order valence-corrected chi connectivity index (χ4v) is 4.30. The van der Waals surface area contributed by atoms with Gasteiger partial charge < -0.3 is 9.67 Å². The second-order valence-corrected chi connectivity index (χ2v) is 8.24. The fourth-order valence-electron chi connectivity index (χ4n) is 4.05. The van der Waals surface area contributed by atoms with Crippen LogP contribution in [0.3, 0.4) is 0 Å². The van der Waals surface area contributed by atoms with Gasteiger partial charge in [0.2, 0.25) is 5.82 Å². The van der Waals surface area contributed by atoms with Gasteiger partial charge in [0.1, 0.15) is 11.6 Å². The van der Waals surface area contributed by atoms with Gasteiger partial charge in [-0.1, -0.05) is 73.5 Å². The summed E-state index contributed by atoms with van der Waals surface area (Å²) in [5.74, 6) is 0.822. The second kappa shape index (κ2) is 10.1. The molecule has 2 N–H and O–H groups in total. The van der Waals surface area contributed by atoms with Crippen molar-refractivity contribution in [2.75, 3.05) is 0 Å². The van der Waals surface area contributed by atoms with Gasteiger partial charge in [-0.3, -0.25) is 4.79 Å². The standard InChI is InChI=1S/C24H25ClN6O2/c1-3-6-18(15(2)33)24-26-22(25)21(14-32)31(24)13-16-9-11-17(12-10-16)19-7-4-5-8-20(19)23-27-29-30-28-23/h4-5,7-12,18,32H,3,6,13-14H2,1-2H3,(H,27,28,29,30). The van der Waals surface area contributed by atoms with Crippen LogP contribution in [-0.4, -0.2) is 41.1 Å². The Hall–Kier alpha value is -3.36. The van der Waals surface area contributed by atoms with E-state index < -0.39 is 0 Å². The summed E-state index contributed by atoms with van der Waals surface area (Å²) in [6.45, 7) is 3.80. The number of carbonyl (C=O) groups excluding carboxylic acids is 1. The molecule has 8 nitrogen and oxygen atoms in total. The average Bonchev–Trinajstić information content (AvgIpc) is 3.46. The van der Waals surface area contributed by atoms with Crippen LogP contribution in [0, 0.1) is 0 Å². The molecule has 0 radical (unpaired) electrons. The van der Waals surface area contributed by atoms with E-state index in [4.69, 9.17) is 11.6 Å². The molecule has 170 valence electrons. The van der Waals surface area contributed by atoms with Crippen molar-refractivity contribution < 1.29 is 9.90 Å². The molecule has 0 aliphatic rings. The van der Waals surface area contributed by atoms with E-state index in [9.17, 15) is 9.90 Å². The lowest BCUT2D eigenvalue weighted by atomic mass is 9.97. The van der Waals surface area contributed by atoms with Crippen molar-refractivity contribution in [3.63, 3.8) is 0 Å². The number of ketones is 1. The zero-order chi connectivity index (χ0) is 23.4. The van der Waals surface area contributed by atoms with Crippen LogP contribution in [0.2, 0.25) is 5.15 Å². The summed E-state index contributed by atoms with van der Waals surface area (Å²) in [6, 6.07) is 16.0. The van der Waals surface area contributed by atoms with Crippen LogP contribution in [0.25, 0.3) is 22.5 Å². The van der Waals surface area contributed by atoms with E-state index in [1.165, 1.54) is 0 Å². The number of rotatable bonds is 9. The molecule has 0 spiro atoms. The van der Waals surface area contributed by atoms with Crippen LogP contribution in [0.5, 0.6) is 0 Å². The lowest BCUT2D eigenvalue weighted by Crippen LogP contribution is -2.17. The van der Waals surface area contributed by atoms with Gasteiger partial charge in [0, 0.05) is 12.1 Å². The topological polar surface area (TPSA) is 110 Å². The molecule has 2 aromatic heterocycles. The number of aromatic amines is 1. The first-order chi connectivity index (χ1) is 16.0. The van der Waals surface area contributed by atoms with Gasteiger partial charge in [0.05, 0.1) is 18.2 Å². The van der Waals surface area contributed by atoms with Gasteiger partial charge in [0.25, 0.3) is 0 Å². The minimum atomic E-state index is -0.353. The molecule has 33 heavy (non-hydrogen) atoms. The predicted octanol–water partition coefficient (Wildman–Crippen LogP) is 4.40. The number of benzene rings is 2. The summed E-state index contributed by atoms with van der Waals surface area (Å²) in [7, 11) is 0. The largest absolute Gasteiger partial charge is 0.390 e. The van der Waals surface area contributed by atoms with Gasteiger partial charge in [-0.15, -0.1) is 10.2 Å². The first kappa shape index (κ1) is 22.8. The third-order valence-electron chi connectivity index (χ3n) is 5.70. The highest BCUT2D eigenvalue weighted by Crippen LogP contribution is 2.31. The number of aromatic nitrogens is 6. The molecule has 2 heterocycles. The summed E-state index contributed by atoms with van der Waals surface area (Å²) < 4.78 is 1.87. The van der Waals surface area contributed by atoms with Crippen molar-refractivity contribution in [3.8, 4) is 22.5 Å². The Morgan fingerprint density at radius 3 is 2.48 bits per heavy atom. The Labute approximate surface area is 196 Å². The molecule has 4 aromatic rings. The highest BCUT2D eigenvalue weighted by atomic mass is 35.5. The minimum Gasteiger partial charge on any atom is -0.390 e. The zero-order valence-electron chi connectivity index (χ0n) is 18.5. The first-order valence-corrected chi connectivity index (χ1v) is 11.2. The van der Waals surface area contributed by atoms with Crippen LogP contribution in [0.4, 0.5) is 0 Å². The van der Waals surface area contributed by atoms with Crippen molar-refractivity contribution in [1.82, 2.24) is 30.2 Å². The van der Waals surface area contributed by atoms with Crippen LogP contribution in [0.15, 0.2) is 48.5 Å². The second-order valence-electron chi connectivity index (χ2n) is 7.88. The number of H-pyrrole nitrogens is 1. The van der Waals surface area contributed by atoms with E-state index in [1.807, 2.05) is 60.0 Å². The van der Waals surface area contributed by atoms with Gasteiger partial charge in [-0.05, 0) is 35.2 Å². The average molecular weight is 465 g/mol. The number of aliphatic hydroxyl groups is 1. The summed E-state index contributed by atoms with van der Waals surface area (Å²) in [6.07, 6.45) is 1.52. The Kier molecular flexibility index (Phi) is 6.96. The summed E-state index contributed by atoms with van der Waals surface area (Å²) >= 11 is 6.31. The molecule has 0 bridgehead atoms. The molecular formula is C24H25ClN6O2. The molecule has 0 saturated heterocycles. The fraction of sp³-hybridized carbons (Fsp3) is 0.292. The molecule has 1 atom stereocenters. The Balaban J connectivity index is 1.67. The van der Waals surface area contributed by atoms with E-state index in [-0.39, 0.29) is 23.5 Å². The van der Waals surface area contributed by atoms with E-state index in [0.29, 0.717) is 30.3 Å². The normalized spacial score (nSPS) is 12.1. The monoisotopic (exact) mass is 464 g/mol. The number of imidazole rings is 1. The minimum absolute atomic E-state index is 0.0395. The molecule has 0 saturated carbocycles. The molecular weight excluding hydrogens is 440 g/mol. The molecule has 2 aromatic carbocycles. The number of aliphatic hydroxyl groups excluding tert-OH is 1. The maximum Gasteiger partial charge on any atom is 0.205 e. The van der Waals surface area contributed by atoms with Crippen molar-refractivity contribution in [1.29, 1.82) is 0 Å². The first-order valence-electron chi connectivity index (χ1n) is 10.8. The van der Waals surface area contributed by atoms with Crippen molar-refractivity contribution in [2.45, 2.75) is 45.8 Å². The summed E-state index contributed by atoms with van der Waals surface area (Å²) in [5.41, 5.74) is 4.40. The summed E-state index contributed by atoms with van der Waals surface area (Å²) in [4.78, 5) is 16.8. The highest BCUT2D eigenvalue weighted by Gasteiger charge is 2.25. The number of hydrogen-bond acceptors (Lipinski definition) is 6. The lowest BCUT2D eigenvalue weighted by Gasteiger charge is -2.17. The molecule has 0 amide bonds. The SMILES string of the molecule is CCCC(C(C)=O)c1nc(Cl)c(CO)n1Cc1ccc(-c2ccccc2-c2nn[nH]n2)cc1. The number of hydrogen-bond donors (Lipinski definition) is 2. The van der Waals surface area contributed by atoms with Crippen molar-refractivity contribution >= 4 is 17.4 Å². The number of tetrazole rings is 1. The van der Waals surface area contributed by atoms with Crippen molar-refractivity contribution in [2.24, 2.45) is 0 Å². The third-order valence-corrected chi connectivity index (χ3v) is 6.00. The van der Waals surface area contributed by atoms with E-state index in [2.05, 4.69) is 25.6 Å². The Bertz CT molecular complexity index is 1230. The number of nitrogens with one attached hydrogen (secondary N) is 1. The van der Waals surface area contributed by atoms with Crippen LogP contribution in [-0.2, 0) is 17.9 Å². The van der Waals surface area contributed by atoms with Gasteiger partial charge in [-0.2, -0.15) is 5.21 Å². The number of carbonyl (C=O) groups is 1. The van der Waals surface area contributed by atoms with Gasteiger partial charge in [0.15, 0.2) is 5.15 Å². The number of nitrogens with zero attached hydrogens (tertiary/aromatic N) is 5. The molecule has 0 aliphatic carbocycles. The van der Waals surface area contributed by atoms with Crippen LogP contribution in [0.1, 0.15) is 49.7 Å². The molecule has 0 aliphatic heterocycles. The molecule has 1 unspecified atom stereocenters. The lowest BCUT2D eigenvalue weighted by molar-refractivity contribution is -0.118. The van der Waals surface area contributed by atoms with Crippen LogP contribution < -0.4 is 0 Å². The summed E-state index contributed by atoms with van der Waals surface area (Å²) in [5, 5.41) is 24.5. The van der Waals surface area contributed by atoms with E-state index >= 15 is 0 Å². The molecule has 9 heteroatoms. The quantitative estimate of drug-likeness (QED) is 0.380. The van der Waals surface area contributed by atoms with Gasteiger partial charge in [-0.25, -0.2) is 4.98 Å². The number of Topliss-reactive ketones (excluding diaryl/α,β-unsaturated/α-hetero) is 1. The maximum atomic E-state index is 12.3. The van der Waals surface area contributed by atoms with Gasteiger partial charge >= 0.3 is 0 Å². The predicted molar refractivity (Wildman–Crippen MR) is 126 cm³/mol.